The van der Waals surface area contributed by atoms with Crippen molar-refractivity contribution >= 4 is 17.3 Å². The van der Waals surface area contributed by atoms with Crippen LogP contribution >= 0.6 is 0 Å². The number of hydrogen-bond donors (Lipinski definition) is 1. The second kappa shape index (κ2) is 7.95. The molecular formula is C19H23N3O4. The average molecular weight is 357 g/mol. The first kappa shape index (κ1) is 17.8. The highest BCUT2D eigenvalue weighted by Crippen LogP contribution is 2.40. The van der Waals surface area contributed by atoms with E-state index in [0.717, 1.165) is 37.3 Å². The van der Waals surface area contributed by atoms with Crippen molar-refractivity contribution in [1.29, 1.82) is 0 Å². The highest BCUT2D eigenvalue weighted by molar-refractivity contribution is 5.93. The molecule has 2 heterocycles. The number of methoxy groups -OCH3 is 3. The molecule has 138 valence electrons. The molecule has 1 aliphatic rings. The Morgan fingerprint density at radius 3 is 2.23 bits per heavy atom. The van der Waals surface area contributed by atoms with E-state index in [4.69, 9.17) is 14.2 Å². The summed E-state index contributed by atoms with van der Waals surface area (Å²) in [5.74, 6) is 1.60. The van der Waals surface area contributed by atoms with Crippen LogP contribution < -0.4 is 19.5 Å². The van der Waals surface area contributed by atoms with Gasteiger partial charge in [-0.3, -0.25) is 9.78 Å². The van der Waals surface area contributed by atoms with Gasteiger partial charge in [-0.25, -0.2) is 0 Å². The van der Waals surface area contributed by atoms with Crippen LogP contribution in [-0.4, -0.2) is 50.2 Å². The lowest BCUT2D eigenvalue weighted by atomic mass is 10.2. The van der Waals surface area contributed by atoms with Crippen molar-refractivity contribution in [1.82, 2.24) is 9.88 Å². The van der Waals surface area contributed by atoms with Gasteiger partial charge < -0.3 is 24.4 Å². The van der Waals surface area contributed by atoms with Crippen LogP contribution in [0.5, 0.6) is 17.2 Å². The van der Waals surface area contributed by atoms with E-state index in [2.05, 4.69) is 10.3 Å². The van der Waals surface area contributed by atoms with Crippen molar-refractivity contribution in [2.45, 2.75) is 12.8 Å². The fourth-order valence-corrected chi connectivity index (χ4v) is 3.03. The molecule has 0 bridgehead atoms. The third-order valence-electron chi connectivity index (χ3n) is 4.33. The van der Waals surface area contributed by atoms with E-state index < -0.39 is 0 Å². The van der Waals surface area contributed by atoms with Gasteiger partial charge in [-0.1, -0.05) is 0 Å². The molecule has 1 fully saturated rings. The normalized spacial score (nSPS) is 13.4. The molecular weight excluding hydrogens is 334 g/mol. The zero-order chi connectivity index (χ0) is 18.5. The van der Waals surface area contributed by atoms with Gasteiger partial charge in [0.1, 0.15) is 5.69 Å². The van der Waals surface area contributed by atoms with Crippen LogP contribution in [0.3, 0.4) is 0 Å². The van der Waals surface area contributed by atoms with Gasteiger partial charge in [0.15, 0.2) is 11.5 Å². The summed E-state index contributed by atoms with van der Waals surface area (Å²) in [6.45, 7) is 1.59. The zero-order valence-electron chi connectivity index (χ0n) is 15.2. The fraction of sp³-hybridized carbons (Fsp3) is 0.368. The van der Waals surface area contributed by atoms with Crippen molar-refractivity contribution in [3.63, 3.8) is 0 Å². The third-order valence-corrected chi connectivity index (χ3v) is 4.33. The van der Waals surface area contributed by atoms with Crippen molar-refractivity contribution in [2.24, 2.45) is 0 Å². The maximum Gasteiger partial charge on any atom is 0.272 e. The molecule has 2 aromatic rings. The lowest BCUT2D eigenvalue weighted by Crippen LogP contribution is -2.28. The number of likely N-dealkylation sites (tertiary alicyclic amines) is 1. The van der Waals surface area contributed by atoms with Gasteiger partial charge in [-0.05, 0) is 25.0 Å². The summed E-state index contributed by atoms with van der Waals surface area (Å²) in [4.78, 5) is 18.6. The van der Waals surface area contributed by atoms with Gasteiger partial charge in [0.05, 0.1) is 21.3 Å². The summed E-state index contributed by atoms with van der Waals surface area (Å²) in [6.07, 6.45) is 3.73. The molecule has 7 heteroatoms. The summed E-state index contributed by atoms with van der Waals surface area (Å²) in [7, 11) is 4.70. The predicted octanol–water partition coefficient (Wildman–Crippen LogP) is 3.09. The number of nitrogens with one attached hydrogen (secondary N) is 1. The van der Waals surface area contributed by atoms with Crippen molar-refractivity contribution in [3.05, 3.63) is 36.2 Å². The van der Waals surface area contributed by atoms with E-state index in [1.807, 2.05) is 23.1 Å². The minimum atomic E-state index is -0.0314. The van der Waals surface area contributed by atoms with Crippen LogP contribution in [0.1, 0.15) is 23.3 Å². The SMILES string of the molecule is COc1cc(Nc2ccnc(C(=O)N3CCCC3)c2)cc(OC)c1OC. The smallest absolute Gasteiger partial charge is 0.272 e. The Morgan fingerprint density at radius 2 is 1.65 bits per heavy atom. The molecule has 1 aromatic heterocycles. The number of hydrogen-bond acceptors (Lipinski definition) is 6. The lowest BCUT2D eigenvalue weighted by molar-refractivity contribution is 0.0787. The van der Waals surface area contributed by atoms with Gasteiger partial charge in [-0.2, -0.15) is 0 Å². The van der Waals surface area contributed by atoms with Crippen molar-refractivity contribution < 1.29 is 19.0 Å². The van der Waals surface area contributed by atoms with Crippen LogP contribution in [0.25, 0.3) is 0 Å². The topological polar surface area (TPSA) is 72.9 Å². The summed E-state index contributed by atoms with van der Waals surface area (Å²) in [5, 5.41) is 3.26. The maximum atomic E-state index is 12.5. The number of rotatable bonds is 6. The Morgan fingerprint density at radius 1 is 1.00 bits per heavy atom. The van der Waals surface area contributed by atoms with Gasteiger partial charge in [-0.15, -0.1) is 0 Å². The van der Waals surface area contributed by atoms with Gasteiger partial charge in [0.2, 0.25) is 5.75 Å². The summed E-state index contributed by atoms with van der Waals surface area (Å²) in [5.41, 5.74) is 1.95. The number of amides is 1. The molecule has 0 radical (unpaired) electrons. The Labute approximate surface area is 152 Å². The van der Waals surface area contributed by atoms with Gasteiger partial charge >= 0.3 is 0 Å². The van der Waals surface area contributed by atoms with Crippen LogP contribution in [0.2, 0.25) is 0 Å². The van der Waals surface area contributed by atoms with Crippen LogP contribution in [0, 0.1) is 0 Å². The largest absolute Gasteiger partial charge is 0.493 e. The number of carbonyl (C=O) groups excluding carboxylic acids is 1. The monoisotopic (exact) mass is 357 g/mol. The number of pyridine rings is 1. The molecule has 0 atom stereocenters. The lowest BCUT2D eigenvalue weighted by Gasteiger charge is -2.16. The molecule has 7 nitrogen and oxygen atoms in total. The molecule has 1 saturated heterocycles. The van der Waals surface area contributed by atoms with Crippen LogP contribution in [0.4, 0.5) is 11.4 Å². The van der Waals surface area contributed by atoms with Crippen LogP contribution in [-0.2, 0) is 0 Å². The summed E-state index contributed by atoms with van der Waals surface area (Å²) < 4.78 is 16.1. The van der Waals surface area contributed by atoms with Gasteiger partial charge in [0.25, 0.3) is 5.91 Å². The zero-order valence-corrected chi connectivity index (χ0v) is 15.2. The maximum absolute atomic E-state index is 12.5. The van der Waals surface area contributed by atoms with Crippen molar-refractivity contribution in [2.75, 3.05) is 39.7 Å². The number of benzene rings is 1. The number of anilines is 2. The fourth-order valence-electron chi connectivity index (χ4n) is 3.03. The van der Waals surface area contributed by atoms with Crippen molar-refractivity contribution in [3.8, 4) is 17.2 Å². The molecule has 0 aliphatic carbocycles. The molecule has 1 N–H and O–H groups in total. The van der Waals surface area contributed by atoms with E-state index in [0.29, 0.717) is 22.9 Å². The molecule has 1 aromatic carbocycles. The van der Waals surface area contributed by atoms with Gasteiger partial charge in [0, 0.05) is 42.8 Å². The first-order valence-electron chi connectivity index (χ1n) is 8.48. The average Bonchev–Trinajstić information content (AvgIpc) is 3.21. The number of carbonyl (C=O) groups is 1. The first-order valence-corrected chi connectivity index (χ1v) is 8.48. The Balaban J connectivity index is 1.85. The van der Waals surface area contributed by atoms with E-state index in [9.17, 15) is 4.79 Å². The standard InChI is InChI=1S/C19H23N3O4/c1-24-16-11-14(12-17(25-2)18(16)26-3)21-13-6-7-20-15(10-13)19(23)22-8-4-5-9-22/h6-7,10-12H,4-5,8-9H2,1-3H3,(H,20,21). The third kappa shape index (κ3) is 3.66. The summed E-state index contributed by atoms with van der Waals surface area (Å²) in [6, 6.07) is 7.18. The van der Waals surface area contributed by atoms with E-state index in [-0.39, 0.29) is 5.91 Å². The Bertz CT molecular complexity index is 763. The quantitative estimate of drug-likeness (QED) is 0.856. The second-order valence-electron chi connectivity index (χ2n) is 5.97. The molecule has 0 unspecified atom stereocenters. The number of ether oxygens (including phenoxy) is 3. The summed E-state index contributed by atoms with van der Waals surface area (Å²) >= 11 is 0. The molecule has 1 amide bonds. The van der Waals surface area contributed by atoms with E-state index in [1.54, 1.807) is 33.6 Å². The molecule has 0 saturated carbocycles. The number of aromatic nitrogens is 1. The van der Waals surface area contributed by atoms with Crippen LogP contribution in [0.15, 0.2) is 30.5 Å². The van der Waals surface area contributed by atoms with E-state index >= 15 is 0 Å². The number of nitrogens with zero attached hydrogens (tertiary/aromatic N) is 2. The minimum absolute atomic E-state index is 0.0314. The molecule has 1 aliphatic heterocycles. The molecule has 26 heavy (non-hydrogen) atoms. The highest BCUT2D eigenvalue weighted by atomic mass is 16.5. The second-order valence-corrected chi connectivity index (χ2v) is 5.97. The first-order chi connectivity index (χ1) is 12.7. The molecule has 0 spiro atoms. The predicted molar refractivity (Wildman–Crippen MR) is 98.8 cm³/mol. The minimum Gasteiger partial charge on any atom is -0.493 e. The Kier molecular flexibility index (Phi) is 5.46. The van der Waals surface area contributed by atoms with E-state index in [1.165, 1.54) is 0 Å². The highest BCUT2D eigenvalue weighted by Gasteiger charge is 2.21. The molecule has 3 rings (SSSR count). The Hall–Kier alpha value is -2.96.